The second kappa shape index (κ2) is 9.99. The van der Waals surface area contributed by atoms with E-state index in [-0.39, 0.29) is 11.5 Å². The summed E-state index contributed by atoms with van der Waals surface area (Å²) < 4.78 is 12.1. The summed E-state index contributed by atoms with van der Waals surface area (Å²) >= 11 is 0. The van der Waals surface area contributed by atoms with Gasteiger partial charge in [-0.2, -0.15) is 0 Å². The Labute approximate surface area is 181 Å². The maximum Gasteiger partial charge on any atom is 0.222 e. The predicted octanol–water partition coefficient (Wildman–Crippen LogP) is 3.24. The number of hydrogen-bond acceptors (Lipinski definition) is 4. The second-order valence-electron chi connectivity index (χ2n) is 10.2. The number of piperidine rings is 2. The molecule has 1 aliphatic carbocycles. The van der Waals surface area contributed by atoms with E-state index in [1.165, 1.54) is 12.8 Å². The summed E-state index contributed by atoms with van der Waals surface area (Å²) in [5, 5.41) is 0. The van der Waals surface area contributed by atoms with Gasteiger partial charge >= 0.3 is 0 Å². The van der Waals surface area contributed by atoms with Crippen molar-refractivity contribution in [3.8, 4) is 0 Å². The lowest BCUT2D eigenvalue weighted by molar-refractivity contribution is -0.149. The summed E-state index contributed by atoms with van der Waals surface area (Å²) in [6.45, 7) is 7.60. The molecule has 0 aromatic heterocycles. The Morgan fingerprint density at radius 3 is 2.33 bits per heavy atom. The van der Waals surface area contributed by atoms with Gasteiger partial charge in [0.15, 0.2) is 0 Å². The molecule has 1 atom stereocenters. The third-order valence-electron chi connectivity index (χ3n) is 7.87. The van der Waals surface area contributed by atoms with Crippen molar-refractivity contribution in [3.05, 3.63) is 0 Å². The zero-order chi connectivity index (χ0) is 21.0. The number of hydrogen-bond donors (Lipinski definition) is 0. The molecule has 0 radical (unpaired) electrons. The molecule has 0 aromatic rings. The molecular weight excluding hydrogens is 380 g/mol. The van der Waals surface area contributed by atoms with Gasteiger partial charge in [-0.15, -0.1) is 0 Å². The minimum atomic E-state index is -0.0109. The Hall–Kier alpha value is -1.14. The zero-order valence-electron chi connectivity index (χ0n) is 18.8. The molecule has 3 saturated heterocycles. The third-order valence-corrected chi connectivity index (χ3v) is 7.87. The van der Waals surface area contributed by atoms with Gasteiger partial charge in [0.1, 0.15) is 0 Å². The van der Waals surface area contributed by atoms with Crippen LogP contribution in [0.4, 0.5) is 0 Å². The first kappa shape index (κ1) is 22.1. The van der Waals surface area contributed by atoms with E-state index in [1.54, 1.807) is 6.92 Å². The lowest BCUT2D eigenvalue weighted by Crippen LogP contribution is -2.51. The van der Waals surface area contributed by atoms with Crippen molar-refractivity contribution in [2.45, 2.75) is 76.7 Å². The van der Waals surface area contributed by atoms with E-state index in [0.29, 0.717) is 24.2 Å². The minimum Gasteiger partial charge on any atom is -0.381 e. The van der Waals surface area contributed by atoms with Crippen LogP contribution < -0.4 is 0 Å². The monoisotopic (exact) mass is 420 g/mol. The van der Waals surface area contributed by atoms with Crippen molar-refractivity contribution in [2.75, 3.05) is 46.0 Å². The van der Waals surface area contributed by atoms with Crippen molar-refractivity contribution in [1.29, 1.82) is 0 Å². The molecule has 0 aromatic carbocycles. The van der Waals surface area contributed by atoms with Crippen LogP contribution in [-0.4, -0.2) is 73.2 Å². The smallest absolute Gasteiger partial charge is 0.222 e. The number of rotatable bonds is 7. The molecule has 0 N–H and O–H groups in total. The molecule has 4 fully saturated rings. The Morgan fingerprint density at radius 2 is 1.67 bits per heavy atom. The molecule has 3 heterocycles. The highest BCUT2D eigenvalue weighted by atomic mass is 16.5. The highest BCUT2D eigenvalue weighted by Gasteiger charge is 2.41. The first-order valence-electron chi connectivity index (χ1n) is 12.3. The van der Waals surface area contributed by atoms with Crippen LogP contribution in [0.1, 0.15) is 71.1 Å². The summed E-state index contributed by atoms with van der Waals surface area (Å²) in [7, 11) is 0. The van der Waals surface area contributed by atoms with Crippen LogP contribution in [0.15, 0.2) is 0 Å². The molecule has 6 nitrogen and oxygen atoms in total. The molecule has 1 unspecified atom stereocenters. The SMILES string of the molecule is CC(=O)N1CCC(CC(=O)N2CCC3(CC2)CC(CCOCC2CC2)CCO3)CC1. The van der Waals surface area contributed by atoms with Gasteiger partial charge < -0.3 is 19.3 Å². The first-order chi connectivity index (χ1) is 14.5. The number of carbonyl (C=O) groups excluding carboxylic acids is 2. The van der Waals surface area contributed by atoms with Crippen LogP contribution >= 0.6 is 0 Å². The summed E-state index contributed by atoms with van der Waals surface area (Å²) in [4.78, 5) is 28.3. The van der Waals surface area contributed by atoms with Crippen molar-refractivity contribution >= 4 is 11.8 Å². The standard InChI is InChI=1S/C24H40N2O4/c1-19(27)25-10-4-20(5-11-25)16-23(28)26-12-8-24(9-13-26)17-21(7-15-30-24)6-14-29-18-22-2-3-22/h20-22H,2-18H2,1H3. The molecule has 6 heteroatoms. The van der Waals surface area contributed by atoms with E-state index in [4.69, 9.17) is 9.47 Å². The Bertz CT molecular complexity index is 590. The van der Waals surface area contributed by atoms with Crippen LogP contribution in [0, 0.1) is 17.8 Å². The highest BCUT2D eigenvalue weighted by molar-refractivity contribution is 5.77. The predicted molar refractivity (Wildman–Crippen MR) is 115 cm³/mol. The largest absolute Gasteiger partial charge is 0.381 e. The normalized spacial score (nSPS) is 27.4. The molecule has 3 aliphatic heterocycles. The number of ether oxygens (including phenoxy) is 2. The molecule has 1 saturated carbocycles. The van der Waals surface area contributed by atoms with E-state index in [9.17, 15) is 9.59 Å². The van der Waals surface area contributed by atoms with Gasteiger partial charge in [-0.1, -0.05) is 0 Å². The van der Waals surface area contributed by atoms with Gasteiger partial charge in [-0.25, -0.2) is 0 Å². The van der Waals surface area contributed by atoms with Crippen molar-refractivity contribution in [2.24, 2.45) is 17.8 Å². The van der Waals surface area contributed by atoms with Gasteiger partial charge in [-0.05, 0) is 75.5 Å². The molecular formula is C24H40N2O4. The Kier molecular flexibility index (Phi) is 7.35. The van der Waals surface area contributed by atoms with Gasteiger partial charge in [0.2, 0.25) is 11.8 Å². The topological polar surface area (TPSA) is 59.1 Å². The van der Waals surface area contributed by atoms with Gasteiger partial charge in [0.25, 0.3) is 0 Å². The van der Waals surface area contributed by atoms with Gasteiger partial charge in [-0.3, -0.25) is 9.59 Å². The van der Waals surface area contributed by atoms with Gasteiger partial charge in [0, 0.05) is 59.3 Å². The van der Waals surface area contributed by atoms with E-state index in [2.05, 4.69) is 4.90 Å². The van der Waals surface area contributed by atoms with Crippen molar-refractivity contribution in [3.63, 3.8) is 0 Å². The molecule has 30 heavy (non-hydrogen) atoms. The summed E-state index contributed by atoms with van der Waals surface area (Å²) in [5.74, 6) is 2.42. The molecule has 2 amide bonds. The lowest BCUT2D eigenvalue weighted by atomic mass is 9.78. The number of likely N-dealkylation sites (tertiary alicyclic amines) is 2. The van der Waals surface area contributed by atoms with Crippen LogP contribution in [0.25, 0.3) is 0 Å². The Morgan fingerprint density at radius 1 is 0.933 bits per heavy atom. The molecule has 1 spiro atoms. The van der Waals surface area contributed by atoms with E-state index in [0.717, 1.165) is 96.9 Å². The third kappa shape index (κ3) is 5.97. The second-order valence-corrected chi connectivity index (χ2v) is 10.2. The Balaban J connectivity index is 1.16. The molecule has 170 valence electrons. The summed E-state index contributed by atoms with van der Waals surface area (Å²) in [6.07, 6.45) is 10.6. The highest BCUT2D eigenvalue weighted by Crippen LogP contribution is 2.39. The number of carbonyl (C=O) groups is 2. The fourth-order valence-corrected chi connectivity index (χ4v) is 5.50. The molecule has 0 bridgehead atoms. The van der Waals surface area contributed by atoms with Gasteiger partial charge in [0.05, 0.1) is 5.60 Å². The van der Waals surface area contributed by atoms with Crippen LogP contribution in [0.3, 0.4) is 0 Å². The summed E-state index contributed by atoms with van der Waals surface area (Å²) in [6, 6.07) is 0. The first-order valence-corrected chi connectivity index (χ1v) is 12.3. The van der Waals surface area contributed by atoms with E-state index < -0.39 is 0 Å². The van der Waals surface area contributed by atoms with Crippen LogP contribution in [0.5, 0.6) is 0 Å². The van der Waals surface area contributed by atoms with Crippen LogP contribution in [-0.2, 0) is 19.1 Å². The average molecular weight is 421 g/mol. The van der Waals surface area contributed by atoms with E-state index >= 15 is 0 Å². The van der Waals surface area contributed by atoms with Crippen LogP contribution in [0.2, 0.25) is 0 Å². The molecule has 4 aliphatic rings. The number of nitrogens with zero attached hydrogens (tertiary/aromatic N) is 2. The fourth-order valence-electron chi connectivity index (χ4n) is 5.50. The van der Waals surface area contributed by atoms with E-state index in [1.807, 2.05) is 4.90 Å². The fraction of sp³-hybridized carbons (Fsp3) is 0.917. The maximum absolute atomic E-state index is 12.8. The average Bonchev–Trinajstić information content (AvgIpc) is 3.57. The summed E-state index contributed by atoms with van der Waals surface area (Å²) in [5.41, 5.74) is -0.0109. The molecule has 4 rings (SSSR count). The quantitative estimate of drug-likeness (QED) is 0.593. The maximum atomic E-state index is 12.8. The minimum absolute atomic E-state index is 0.0109. The lowest BCUT2D eigenvalue weighted by Gasteiger charge is -2.46. The number of amides is 2. The van der Waals surface area contributed by atoms with Crippen molar-refractivity contribution in [1.82, 2.24) is 9.80 Å². The van der Waals surface area contributed by atoms with Crippen molar-refractivity contribution < 1.29 is 19.1 Å². The zero-order valence-corrected chi connectivity index (χ0v) is 18.8.